The number of rotatable bonds is 5. The predicted molar refractivity (Wildman–Crippen MR) is 80.2 cm³/mol. The zero-order valence-corrected chi connectivity index (χ0v) is 13.0. The number of carbonyl (C=O) groups excluding carboxylic acids is 1. The molecule has 2 N–H and O–H groups in total. The van der Waals surface area contributed by atoms with E-state index >= 15 is 0 Å². The van der Waals surface area contributed by atoms with E-state index in [1.54, 1.807) is 17.2 Å². The molecule has 0 bridgehead atoms. The lowest BCUT2D eigenvalue weighted by molar-refractivity contribution is -0.144. The van der Waals surface area contributed by atoms with Crippen molar-refractivity contribution in [3.05, 3.63) is 35.7 Å². The number of hydrogen-bond donors (Lipinski definition) is 2. The monoisotopic (exact) mass is 356 g/mol. The number of aromatic amines is 1. The summed E-state index contributed by atoms with van der Waals surface area (Å²) in [4.78, 5) is 15.3. The molecule has 1 aromatic carbocycles. The molecular weight excluding hydrogens is 341 g/mol. The number of benzene rings is 1. The summed E-state index contributed by atoms with van der Waals surface area (Å²) < 4.78 is 48.4. The van der Waals surface area contributed by atoms with E-state index in [9.17, 15) is 18.0 Å². The summed E-state index contributed by atoms with van der Waals surface area (Å²) >= 11 is 0. The maximum Gasteiger partial charge on any atom is 0.451 e. The molecule has 1 fully saturated rings. The van der Waals surface area contributed by atoms with Crippen molar-refractivity contribution in [1.82, 2.24) is 15.2 Å². The van der Waals surface area contributed by atoms with Gasteiger partial charge in [0.25, 0.3) is 5.91 Å². The highest BCUT2D eigenvalue weighted by molar-refractivity contribution is 6.03. The number of amides is 1. The maximum absolute atomic E-state index is 12.5. The van der Waals surface area contributed by atoms with Crippen LogP contribution in [0.15, 0.2) is 24.3 Å². The molecule has 2 aromatic rings. The summed E-state index contributed by atoms with van der Waals surface area (Å²) in [6.07, 6.45) is -2.71. The summed E-state index contributed by atoms with van der Waals surface area (Å²) in [5.74, 6) is -1.91. The second kappa shape index (κ2) is 7.09. The summed E-state index contributed by atoms with van der Waals surface area (Å²) in [5.41, 5.74) is 0.211. The van der Waals surface area contributed by atoms with Crippen LogP contribution in [0, 0.1) is 0 Å². The highest BCUT2D eigenvalue weighted by Gasteiger charge is 2.35. The van der Waals surface area contributed by atoms with Gasteiger partial charge in [0.05, 0.1) is 6.10 Å². The maximum atomic E-state index is 12.5. The fourth-order valence-electron chi connectivity index (χ4n) is 2.31. The van der Waals surface area contributed by atoms with Crippen LogP contribution in [0.1, 0.15) is 29.0 Å². The van der Waals surface area contributed by atoms with Gasteiger partial charge in [-0.2, -0.15) is 18.2 Å². The van der Waals surface area contributed by atoms with Gasteiger partial charge in [-0.1, -0.05) is 6.07 Å². The molecule has 1 atom stereocenters. The van der Waals surface area contributed by atoms with Crippen molar-refractivity contribution < 1.29 is 27.4 Å². The van der Waals surface area contributed by atoms with Crippen LogP contribution in [-0.4, -0.2) is 40.4 Å². The van der Waals surface area contributed by atoms with Gasteiger partial charge in [-0.15, -0.1) is 5.10 Å². The van der Waals surface area contributed by atoms with Gasteiger partial charge in [0.15, 0.2) is 0 Å². The van der Waals surface area contributed by atoms with Crippen LogP contribution >= 0.6 is 0 Å². The first-order chi connectivity index (χ1) is 11.9. The Morgan fingerprint density at radius 2 is 2.28 bits per heavy atom. The summed E-state index contributed by atoms with van der Waals surface area (Å²) in [5, 5.41) is 7.25. The molecule has 0 radical (unpaired) electrons. The minimum Gasteiger partial charge on any atom is -0.491 e. The van der Waals surface area contributed by atoms with Gasteiger partial charge in [-0.3, -0.25) is 15.2 Å². The van der Waals surface area contributed by atoms with E-state index in [-0.39, 0.29) is 11.7 Å². The van der Waals surface area contributed by atoms with Crippen LogP contribution in [-0.2, 0) is 10.9 Å². The third kappa shape index (κ3) is 4.47. The molecule has 2 heterocycles. The average Bonchev–Trinajstić information content (AvgIpc) is 3.24. The normalized spacial score (nSPS) is 17.5. The quantitative estimate of drug-likeness (QED) is 0.860. The molecule has 0 spiro atoms. The molecule has 7 nitrogen and oxygen atoms in total. The molecule has 0 aliphatic carbocycles. The molecule has 134 valence electrons. The van der Waals surface area contributed by atoms with Crippen LogP contribution in [0.2, 0.25) is 0 Å². The Balaban J connectivity index is 1.61. The van der Waals surface area contributed by atoms with Crippen LogP contribution in [0.4, 0.5) is 19.1 Å². The summed E-state index contributed by atoms with van der Waals surface area (Å²) in [7, 11) is 0. The number of anilines is 1. The second-order valence-corrected chi connectivity index (χ2v) is 5.43. The molecule has 1 amide bonds. The van der Waals surface area contributed by atoms with Crippen molar-refractivity contribution in [3.63, 3.8) is 0 Å². The average molecular weight is 356 g/mol. The molecule has 1 unspecified atom stereocenters. The van der Waals surface area contributed by atoms with Gasteiger partial charge in [-0.05, 0) is 31.0 Å². The van der Waals surface area contributed by atoms with Crippen LogP contribution < -0.4 is 10.1 Å². The van der Waals surface area contributed by atoms with Gasteiger partial charge in [0, 0.05) is 12.2 Å². The summed E-state index contributed by atoms with van der Waals surface area (Å²) in [6, 6.07) is 6.28. The number of halogens is 3. The van der Waals surface area contributed by atoms with Crippen molar-refractivity contribution in [2.24, 2.45) is 0 Å². The zero-order valence-electron chi connectivity index (χ0n) is 13.0. The highest BCUT2D eigenvalue weighted by Crippen LogP contribution is 2.26. The Hall–Kier alpha value is -2.62. The third-order valence-corrected chi connectivity index (χ3v) is 3.54. The first-order valence-corrected chi connectivity index (χ1v) is 7.57. The molecule has 25 heavy (non-hydrogen) atoms. The van der Waals surface area contributed by atoms with Gasteiger partial charge in [0.1, 0.15) is 12.4 Å². The van der Waals surface area contributed by atoms with E-state index in [4.69, 9.17) is 9.47 Å². The Morgan fingerprint density at radius 3 is 2.96 bits per heavy atom. The number of hydrogen-bond acceptors (Lipinski definition) is 5. The lowest BCUT2D eigenvalue weighted by Crippen LogP contribution is -2.17. The number of aromatic nitrogens is 3. The van der Waals surface area contributed by atoms with E-state index in [0.717, 1.165) is 12.8 Å². The lowest BCUT2D eigenvalue weighted by Gasteiger charge is -2.12. The zero-order chi connectivity index (χ0) is 17.9. The minimum atomic E-state index is -4.66. The van der Waals surface area contributed by atoms with E-state index in [1.165, 1.54) is 12.1 Å². The third-order valence-electron chi connectivity index (χ3n) is 3.54. The molecule has 1 saturated heterocycles. The number of nitrogens with one attached hydrogen (secondary N) is 2. The molecule has 1 aromatic heterocycles. The molecule has 3 rings (SSSR count). The van der Waals surface area contributed by atoms with Crippen molar-refractivity contribution in [1.29, 1.82) is 0 Å². The molecule has 0 saturated carbocycles. The van der Waals surface area contributed by atoms with Gasteiger partial charge < -0.3 is 9.47 Å². The van der Waals surface area contributed by atoms with E-state index in [0.29, 0.717) is 19.0 Å². The molecule has 1 aliphatic rings. The minimum absolute atomic E-state index is 0.0338. The first kappa shape index (κ1) is 17.2. The van der Waals surface area contributed by atoms with Crippen molar-refractivity contribution in [3.8, 4) is 5.75 Å². The van der Waals surface area contributed by atoms with E-state index in [2.05, 4.69) is 15.4 Å². The second-order valence-electron chi connectivity index (χ2n) is 5.43. The van der Waals surface area contributed by atoms with Gasteiger partial charge in [0.2, 0.25) is 11.8 Å². The molecular formula is C15H15F3N4O3. The summed E-state index contributed by atoms with van der Waals surface area (Å²) in [6.45, 7) is 1.09. The van der Waals surface area contributed by atoms with Crippen molar-refractivity contribution in [2.75, 3.05) is 18.5 Å². The number of ether oxygens (including phenoxy) is 2. The van der Waals surface area contributed by atoms with Crippen LogP contribution in [0.5, 0.6) is 5.75 Å². The number of alkyl halides is 3. The fourth-order valence-corrected chi connectivity index (χ4v) is 2.31. The van der Waals surface area contributed by atoms with Crippen LogP contribution in [0.3, 0.4) is 0 Å². The molecule has 10 heteroatoms. The van der Waals surface area contributed by atoms with E-state index in [1.807, 2.05) is 0 Å². The van der Waals surface area contributed by atoms with Crippen molar-refractivity contribution >= 4 is 11.9 Å². The van der Waals surface area contributed by atoms with E-state index < -0.39 is 23.9 Å². The van der Waals surface area contributed by atoms with Crippen LogP contribution in [0.25, 0.3) is 0 Å². The molecule has 1 aliphatic heterocycles. The Bertz CT molecular complexity index is 742. The smallest absolute Gasteiger partial charge is 0.451 e. The Morgan fingerprint density at radius 1 is 1.44 bits per heavy atom. The number of H-pyrrole nitrogens is 1. The van der Waals surface area contributed by atoms with Crippen molar-refractivity contribution in [2.45, 2.75) is 25.1 Å². The lowest BCUT2D eigenvalue weighted by atomic mass is 10.2. The standard InChI is InChI=1S/C15H15F3N4O3/c16-15(17,18)13-20-14(22-21-13)19-12(23)9-3-1-4-10(7-9)25-8-11-5-2-6-24-11/h1,3-4,7,11H,2,5-6,8H2,(H2,19,20,21,22,23). The first-order valence-electron chi connectivity index (χ1n) is 7.57. The number of nitrogens with zero attached hydrogens (tertiary/aromatic N) is 2. The van der Waals surface area contributed by atoms with Gasteiger partial charge >= 0.3 is 6.18 Å². The Kier molecular flexibility index (Phi) is 4.88. The van der Waals surface area contributed by atoms with Gasteiger partial charge in [-0.25, -0.2) is 0 Å². The highest BCUT2D eigenvalue weighted by atomic mass is 19.4. The Labute approximate surface area is 140 Å². The topological polar surface area (TPSA) is 89.1 Å². The largest absolute Gasteiger partial charge is 0.491 e. The SMILES string of the molecule is O=C(Nc1n[nH]c(C(F)(F)F)n1)c1cccc(OCC2CCCO2)c1. The number of carbonyl (C=O) groups is 1. The predicted octanol–water partition coefficient (Wildman–Crippen LogP) is 2.63. The fraction of sp³-hybridized carbons (Fsp3) is 0.400.